The normalized spacial score (nSPS) is 22.6. The molecule has 1 fully saturated rings. The van der Waals surface area contributed by atoms with Crippen LogP contribution in [0.2, 0.25) is 0 Å². The van der Waals surface area contributed by atoms with Crippen molar-refractivity contribution in [2.24, 2.45) is 0 Å². The Morgan fingerprint density at radius 3 is 2.60 bits per heavy atom. The SMILES string of the molecule is CCNCc1c(CC)nn(CC2CCC(C)O2)c1CC. The second-order valence-electron chi connectivity index (χ2n) is 5.69. The molecule has 20 heavy (non-hydrogen) atoms. The van der Waals surface area contributed by atoms with Gasteiger partial charge in [-0.1, -0.05) is 20.8 Å². The van der Waals surface area contributed by atoms with Gasteiger partial charge in [0.1, 0.15) is 0 Å². The van der Waals surface area contributed by atoms with Gasteiger partial charge in [0.25, 0.3) is 0 Å². The van der Waals surface area contributed by atoms with Crippen LogP contribution < -0.4 is 5.32 Å². The Balaban J connectivity index is 2.16. The molecule has 2 unspecified atom stereocenters. The molecular weight excluding hydrogens is 250 g/mol. The van der Waals surface area contributed by atoms with Gasteiger partial charge in [0.15, 0.2) is 0 Å². The summed E-state index contributed by atoms with van der Waals surface area (Å²) in [5, 5.41) is 8.28. The van der Waals surface area contributed by atoms with Gasteiger partial charge in [0.2, 0.25) is 0 Å². The maximum absolute atomic E-state index is 5.95. The van der Waals surface area contributed by atoms with E-state index in [-0.39, 0.29) is 0 Å². The van der Waals surface area contributed by atoms with Crippen LogP contribution in [0.5, 0.6) is 0 Å². The number of nitrogens with one attached hydrogen (secondary N) is 1. The van der Waals surface area contributed by atoms with E-state index in [1.807, 2.05) is 0 Å². The van der Waals surface area contributed by atoms with Crippen molar-refractivity contribution in [3.05, 3.63) is 17.0 Å². The first-order chi connectivity index (χ1) is 9.69. The minimum absolute atomic E-state index is 0.340. The summed E-state index contributed by atoms with van der Waals surface area (Å²) in [6, 6.07) is 0. The molecule has 0 radical (unpaired) electrons. The van der Waals surface area contributed by atoms with E-state index in [4.69, 9.17) is 9.84 Å². The largest absolute Gasteiger partial charge is 0.373 e. The minimum Gasteiger partial charge on any atom is -0.373 e. The summed E-state index contributed by atoms with van der Waals surface area (Å²) in [7, 11) is 0. The van der Waals surface area contributed by atoms with Gasteiger partial charge in [-0.2, -0.15) is 5.10 Å². The third-order valence-corrected chi connectivity index (χ3v) is 4.17. The van der Waals surface area contributed by atoms with E-state index < -0.39 is 0 Å². The average Bonchev–Trinajstić information content (AvgIpc) is 3.00. The van der Waals surface area contributed by atoms with Gasteiger partial charge in [0, 0.05) is 17.8 Å². The third-order valence-electron chi connectivity index (χ3n) is 4.17. The van der Waals surface area contributed by atoms with Crippen LogP contribution >= 0.6 is 0 Å². The molecule has 0 aliphatic carbocycles. The molecule has 2 atom stereocenters. The summed E-state index contributed by atoms with van der Waals surface area (Å²) in [5.41, 5.74) is 4.03. The highest BCUT2D eigenvalue weighted by atomic mass is 16.5. The average molecular weight is 279 g/mol. The van der Waals surface area contributed by atoms with E-state index in [9.17, 15) is 0 Å². The zero-order chi connectivity index (χ0) is 14.5. The van der Waals surface area contributed by atoms with Crippen LogP contribution in [0.25, 0.3) is 0 Å². The lowest BCUT2D eigenvalue weighted by Crippen LogP contribution is -2.20. The van der Waals surface area contributed by atoms with Crippen molar-refractivity contribution in [2.75, 3.05) is 6.54 Å². The Bertz CT molecular complexity index is 428. The number of ether oxygens (including phenoxy) is 1. The monoisotopic (exact) mass is 279 g/mol. The van der Waals surface area contributed by atoms with E-state index in [1.54, 1.807) is 0 Å². The molecule has 1 N–H and O–H groups in total. The zero-order valence-electron chi connectivity index (χ0n) is 13.4. The molecule has 0 aromatic carbocycles. The standard InChI is InChI=1S/C16H29N3O/c1-5-15-14(10-17-7-3)16(6-2)19(18-15)11-13-9-8-12(4)20-13/h12-13,17H,5-11H2,1-4H3. The number of aryl methyl sites for hydroxylation is 1. The van der Waals surface area contributed by atoms with Gasteiger partial charge in [-0.05, 0) is 39.2 Å². The smallest absolute Gasteiger partial charge is 0.0775 e. The van der Waals surface area contributed by atoms with Crippen molar-refractivity contribution in [1.82, 2.24) is 15.1 Å². The summed E-state index contributed by atoms with van der Waals surface area (Å²) in [4.78, 5) is 0. The fraction of sp³-hybridized carbons (Fsp3) is 0.812. The first-order valence-corrected chi connectivity index (χ1v) is 8.13. The van der Waals surface area contributed by atoms with Crippen LogP contribution in [0.15, 0.2) is 0 Å². The fourth-order valence-electron chi connectivity index (χ4n) is 3.09. The topological polar surface area (TPSA) is 39.1 Å². The molecule has 114 valence electrons. The van der Waals surface area contributed by atoms with Crippen LogP contribution in [0.3, 0.4) is 0 Å². The number of nitrogens with zero attached hydrogens (tertiary/aromatic N) is 2. The summed E-state index contributed by atoms with van der Waals surface area (Å²) < 4.78 is 8.15. The molecule has 1 aromatic rings. The Morgan fingerprint density at radius 2 is 2.05 bits per heavy atom. The lowest BCUT2D eigenvalue weighted by Gasteiger charge is -2.14. The molecule has 0 saturated carbocycles. The van der Waals surface area contributed by atoms with Crippen LogP contribution in [0.1, 0.15) is 57.5 Å². The van der Waals surface area contributed by atoms with Gasteiger partial charge >= 0.3 is 0 Å². The Kier molecular flexibility index (Phi) is 5.61. The van der Waals surface area contributed by atoms with Gasteiger partial charge in [0.05, 0.1) is 24.4 Å². The van der Waals surface area contributed by atoms with Crippen LogP contribution in [-0.2, 0) is 30.7 Å². The third kappa shape index (κ3) is 3.41. The Labute approximate surface area is 122 Å². The predicted molar refractivity (Wildman–Crippen MR) is 81.9 cm³/mol. The summed E-state index contributed by atoms with van der Waals surface area (Å²) >= 11 is 0. The van der Waals surface area contributed by atoms with Gasteiger partial charge < -0.3 is 10.1 Å². The Hall–Kier alpha value is -0.870. The van der Waals surface area contributed by atoms with Crippen LogP contribution in [0.4, 0.5) is 0 Å². The van der Waals surface area contributed by atoms with E-state index in [0.717, 1.165) is 38.9 Å². The van der Waals surface area contributed by atoms with Gasteiger partial charge in [-0.15, -0.1) is 0 Å². The summed E-state index contributed by atoms with van der Waals surface area (Å²) in [6.45, 7) is 11.6. The molecule has 1 aliphatic rings. The van der Waals surface area contributed by atoms with E-state index in [2.05, 4.69) is 37.7 Å². The number of hydrogen-bond acceptors (Lipinski definition) is 3. The van der Waals surface area contributed by atoms with E-state index >= 15 is 0 Å². The van der Waals surface area contributed by atoms with Crippen molar-refractivity contribution in [1.29, 1.82) is 0 Å². The first-order valence-electron chi connectivity index (χ1n) is 8.13. The first kappa shape index (κ1) is 15.5. The summed E-state index contributed by atoms with van der Waals surface area (Å²) in [6.07, 6.45) is 5.13. The van der Waals surface area contributed by atoms with Crippen LogP contribution in [-0.4, -0.2) is 28.5 Å². The molecule has 4 nitrogen and oxygen atoms in total. The molecule has 0 bridgehead atoms. The lowest BCUT2D eigenvalue weighted by atomic mass is 10.1. The second kappa shape index (κ2) is 7.23. The molecule has 2 heterocycles. The fourth-order valence-corrected chi connectivity index (χ4v) is 3.09. The molecule has 0 spiro atoms. The van der Waals surface area contributed by atoms with Crippen molar-refractivity contribution in [2.45, 2.75) is 78.7 Å². The molecule has 1 aliphatic heterocycles. The minimum atomic E-state index is 0.340. The van der Waals surface area contributed by atoms with Crippen molar-refractivity contribution < 1.29 is 4.74 Å². The van der Waals surface area contributed by atoms with Crippen molar-refractivity contribution in [3.63, 3.8) is 0 Å². The highest BCUT2D eigenvalue weighted by Crippen LogP contribution is 2.23. The second-order valence-corrected chi connectivity index (χ2v) is 5.69. The van der Waals surface area contributed by atoms with E-state index in [0.29, 0.717) is 12.2 Å². The van der Waals surface area contributed by atoms with Gasteiger partial charge in [-0.3, -0.25) is 4.68 Å². The lowest BCUT2D eigenvalue weighted by molar-refractivity contribution is 0.0431. The number of hydrogen-bond donors (Lipinski definition) is 1. The Morgan fingerprint density at radius 1 is 1.25 bits per heavy atom. The molecule has 4 heteroatoms. The van der Waals surface area contributed by atoms with Crippen molar-refractivity contribution in [3.8, 4) is 0 Å². The van der Waals surface area contributed by atoms with Crippen molar-refractivity contribution >= 4 is 0 Å². The highest BCUT2D eigenvalue weighted by Gasteiger charge is 2.24. The molecule has 0 amide bonds. The highest BCUT2D eigenvalue weighted by molar-refractivity contribution is 5.27. The molecule has 1 saturated heterocycles. The number of aromatic nitrogens is 2. The molecule has 2 rings (SSSR count). The van der Waals surface area contributed by atoms with Gasteiger partial charge in [-0.25, -0.2) is 0 Å². The number of rotatable bonds is 7. The summed E-state index contributed by atoms with van der Waals surface area (Å²) in [5.74, 6) is 0. The van der Waals surface area contributed by atoms with E-state index in [1.165, 1.54) is 23.4 Å². The van der Waals surface area contributed by atoms with Crippen LogP contribution in [0, 0.1) is 0 Å². The maximum Gasteiger partial charge on any atom is 0.0775 e. The quantitative estimate of drug-likeness (QED) is 0.834. The molecule has 1 aromatic heterocycles. The predicted octanol–water partition coefficient (Wildman–Crippen LogP) is 2.68. The molecular formula is C16H29N3O. The zero-order valence-corrected chi connectivity index (χ0v) is 13.4. The maximum atomic E-state index is 5.95.